The van der Waals surface area contributed by atoms with Crippen LogP contribution in [0.5, 0.6) is 5.75 Å². The van der Waals surface area contributed by atoms with Gasteiger partial charge in [-0.2, -0.15) is 0 Å². The van der Waals surface area contributed by atoms with Gasteiger partial charge in [0, 0.05) is 11.8 Å². The number of benzene rings is 2. The molecule has 0 aliphatic carbocycles. The summed E-state index contributed by atoms with van der Waals surface area (Å²) in [7, 11) is 1.51. The number of methoxy groups -OCH3 is 1. The third-order valence-corrected chi connectivity index (χ3v) is 4.12. The third kappa shape index (κ3) is 5.79. The highest BCUT2D eigenvalue weighted by molar-refractivity contribution is 7.80. The van der Waals surface area contributed by atoms with Gasteiger partial charge in [-0.05, 0) is 54.2 Å². The number of hydrogen-bond donors (Lipinski definition) is 3. The first-order chi connectivity index (χ1) is 14.5. The fourth-order valence-electron chi connectivity index (χ4n) is 2.53. The van der Waals surface area contributed by atoms with E-state index in [1.54, 1.807) is 36.4 Å². The van der Waals surface area contributed by atoms with E-state index in [1.807, 2.05) is 30.3 Å². The van der Waals surface area contributed by atoms with Crippen LogP contribution in [0.4, 0.5) is 11.4 Å². The smallest absolute Gasteiger partial charge is 0.291 e. The maximum Gasteiger partial charge on any atom is 0.291 e. The van der Waals surface area contributed by atoms with Gasteiger partial charge in [-0.25, -0.2) is 0 Å². The molecular weight excluding hydrogens is 402 g/mol. The van der Waals surface area contributed by atoms with Crippen molar-refractivity contribution in [3.05, 3.63) is 84.3 Å². The van der Waals surface area contributed by atoms with E-state index in [9.17, 15) is 9.59 Å². The number of rotatable bonds is 6. The van der Waals surface area contributed by atoms with Crippen LogP contribution in [0.1, 0.15) is 16.1 Å². The van der Waals surface area contributed by atoms with Gasteiger partial charge < -0.3 is 19.8 Å². The van der Waals surface area contributed by atoms with Gasteiger partial charge in [0.25, 0.3) is 5.91 Å². The lowest BCUT2D eigenvalue weighted by atomic mass is 10.2. The van der Waals surface area contributed by atoms with Crippen LogP contribution in [0.15, 0.2) is 77.4 Å². The van der Waals surface area contributed by atoms with Crippen molar-refractivity contribution in [1.29, 1.82) is 0 Å². The Kier molecular flexibility index (Phi) is 6.96. The monoisotopic (exact) mass is 421 g/mol. The second-order valence-electron chi connectivity index (χ2n) is 6.03. The molecule has 7 nitrogen and oxygen atoms in total. The summed E-state index contributed by atoms with van der Waals surface area (Å²) in [5, 5.41) is 8.28. The summed E-state index contributed by atoms with van der Waals surface area (Å²) in [4.78, 5) is 24.2. The van der Waals surface area contributed by atoms with Gasteiger partial charge in [0.2, 0.25) is 5.91 Å². The molecule has 0 bridgehead atoms. The predicted octanol–water partition coefficient (Wildman–Crippen LogP) is 4.07. The van der Waals surface area contributed by atoms with Crippen molar-refractivity contribution in [1.82, 2.24) is 5.32 Å². The van der Waals surface area contributed by atoms with E-state index >= 15 is 0 Å². The van der Waals surface area contributed by atoms with Crippen molar-refractivity contribution in [3.8, 4) is 5.75 Å². The number of nitrogens with one attached hydrogen (secondary N) is 3. The Labute approximate surface area is 178 Å². The maximum absolute atomic E-state index is 12.2. The lowest BCUT2D eigenvalue weighted by Crippen LogP contribution is -2.33. The van der Waals surface area contributed by atoms with Crippen LogP contribution in [-0.4, -0.2) is 24.0 Å². The molecule has 0 saturated carbocycles. The van der Waals surface area contributed by atoms with Gasteiger partial charge in [-0.15, -0.1) is 0 Å². The van der Waals surface area contributed by atoms with Gasteiger partial charge in [0.1, 0.15) is 5.75 Å². The summed E-state index contributed by atoms with van der Waals surface area (Å²) in [5.41, 5.74) is 1.87. The average Bonchev–Trinajstić information content (AvgIpc) is 3.28. The summed E-state index contributed by atoms with van der Waals surface area (Å²) in [6.45, 7) is 0. The molecule has 0 fully saturated rings. The summed E-state index contributed by atoms with van der Waals surface area (Å²) in [6.07, 6.45) is 4.49. The number of thiocarbonyl (C=S) groups is 1. The van der Waals surface area contributed by atoms with Gasteiger partial charge in [-0.1, -0.05) is 30.3 Å². The molecule has 1 aromatic heterocycles. The van der Waals surface area contributed by atoms with Crippen LogP contribution in [-0.2, 0) is 4.79 Å². The Morgan fingerprint density at radius 1 is 1.03 bits per heavy atom. The van der Waals surface area contributed by atoms with Crippen molar-refractivity contribution in [2.24, 2.45) is 0 Å². The fraction of sp³-hybridized carbons (Fsp3) is 0.0455. The van der Waals surface area contributed by atoms with Gasteiger partial charge in [0.15, 0.2) is 10.9 Å². The largest absolute Gasteiger partial charge is 0.495 e. The summed E-state index contributed by atoms with van der Waals surface area (Å²) < 4.78 is 10.4. The molecule has 0 atom stereocenters. The van der Waals surface area contributed by atoms with E-state index in [4.69, 9.17) is 21.4 Å². The molecule has 0 aliphatic heterocycles. The minimum absolute atomic E-state index is 0.0884. The average molecular weight is 421 g/mol. The number of amides is 2. The Hall–Kier alpha value is -3.91. The molecule has 2 amide bonds. The highest BCUT2D eigenvalue weighted by Gasteiger charge is 2.12. The van der Waals surface area contributed by atoms with E-state index in [0.29, 0.717) is 17.1 Å². The summed E-state index contributed by atoms with van der Waals surface area (Å²) in [6, 6.07) is 17.6. The highest BCUT2D eigenvalue weighted by atomic mass is 32.1. The second-order valence-corrected chi connectivity index (χ2v) is 6.44. The minimum Gasteiger partial charge on any atom is -0.495 e. The molecule has 0 saturated heterocycles. The maximum atomic E-state index is 12.2. The van der Waals surface area contributed by atoms with Crippen LogP contribution >= 0.6 is 12.2 Å². The molecule has 3 N–H and O–H groups in total. The first kappa shape index (κ1) is 20.8. The zero-order valence-electron chi connectivity index (χ0n) is 16.0. The number of carbonyl (C=O) groups is 2. The Bertz CT molecular complexity index is 1060. The standard InChI is InChI=1S/C22H19N3O4S/c1-28-18-11-10-16(23-21(27)19-8-5-13-29-19)14-17(18)24-22(30)25-20(26)12-9-15-6-3-2-4-7-15/h2-14H,1H3,(H,23,27)(H2,24,25,26,30). The molecule has 3 rings (SSSR count). The minimum atomic E-state index is -0.391. The Morgan fingerprint density at radius 2 is 1.83 bits per heavy atom. The molecule has 3 aromatic rings. The first-order valence-electron chi connectivity index (χ1n) is 8.93. The summed E-state index contributed by atoms with van der Waals surface area (Å²) in [5.74, 6) is -0.0913. The topological polar surface area (TPSA) is 92.6 Å². The van der Waals surface area contributed by atoms with Crippen molar-refractivity contribution in [2.45, 2.75) is 0 Å². The van der Waals surface area contributed by atoms with E-state index in [2.05, 4.69) is 16.0 Å². The molecule has 2 aromatic carbocycles. The molecule has 0 spiro atoms. The van der Waals surface area contributed by atoms with Crippen LogP contribution in [0, 0.1) is 0 Å². The quantitative estimate of drug-likeness (QED) is 0.411. The molecular formula is C22H19N3O4S. The molecule has 30 heavy (non-hydrogen) atoms. The Balaban J connectivity index is 1.64. The SMILES string of the molecule is COc1ccc(NC(=O)c2ccco2)cc1NC(=S)NC(=O)C=Cc1ccccc1. The zero-order chi connectivity index (χ0) is 21.3. The number of ether oxygens (including phenoxy) is 1. The number of furan rings is 1. The van der Waals surface area contributed by atoms with E-state index in [0.717, 1.165) is 5.56 Å². The van der Waals surface area contributed by atoms with E-state index in [-0.39, 0.29) is 16.8 Å². The third-order valence-electron chi connectivity index (χ3n) is 3.91. The van der Waals surface area contributed by atoms with Gasteiger partial charge in [-0.3, -0.25) is 14.9 Å². The molecule has 1 heterocycles. The van der Waals surface area contributed by atoms with Crippen molar-refractivity contribution < 1.29 is 18.7 Å². The van der Waals surface area contributed by atoms with Gasteiger partial charge >= 0.3 is 0 Å². The number of anilines is 2. The van der Waals surface area contributed by atoms with Crippen LogP contribution in [0.3, 0.4) is 0 Å². The molecule has 0 aliphatic rings. The summed E-state index contributed by atoms with van der Waals surface area (Å²) >= 11 is 5.21. The van der Waals surface area contributed by atoms with E-state index < -0.39 is 5.91 Å². The normalized spacial score (nSPS) is 10.4. The van der Waals surface area contributed by atoms with Crippen LogP contribution in [0.2, 0.25) is 0 Å². The second kappa shape index (κ2) is 10.0. The molecule has 8 heteroatoms. The molecule has 152 valence electrons. The van der Waals surface area contributed by atoms with Crippen molar-refractivity contribution in [3.63, 3.8) is 0 Å². The zero-order valence-corrected chi connectivity index (χ0v) is 16.9. The fourth-order valence-corrected chi connectivity index (χ4v) is 2.74. The highest BCUT2D eigenvalue weighted by Crippen LogP contribution is 2.28. The van der Waals surface area contributed by atoms with Crippen LogP contribution in [0.25, 0.3) is 6.08 Å². The first-order valence-corrected chi connectivity index (χ1v) is 9.34. The van der Waals surface area contributed by atoms with Crippen LogP contribution < -0.4 is 20.7 Å². The van der Waals surface area contributed by atoms with E-state index in [1.165, 1.54) is 19.4 Å². The van der Waals surface area contributed by atoms with Crippen molar-refractivity contribution in [2.75, 3.05) is 17.7 Å². The molecule has 0 radical (unpaired) electrons. The predicted molar refractivity (Wildman–Crippen MR) is 119 cm³/mol. The lowest BCUT2D eigenvalue weighted by Gasteiger charge is -2.14. The van der Waals surface area contributed by atoms with Crippen molar-refractivity contribution >= 4 is 46.6 Å². The number of carbonyl (C=O) groups excluding carboxylic acids is 2. The lowest BCUT2D eigenvalue weighted by molar-refractivity contribution is -0.115. The number of hydrogen-bond acceptors (Lipinski definition) is 5. The molecule has 0 unspecified atom stereocenters. The Morgan fingerprint density at radius 3 is 2.53 bits per heavy atom. The van der Waals surface area contributed by atoms with Gasteiger partial charge in [0.05, 0.1) is 19.1 Å².